The molecule has 0 saturated heterocycles. The Morgan fingerprint density at radius 2 is 2.21 bits per heavy atom. The minimum absolute atomic E-state index is 0.0535. The molecule has 5 nitrogen and oxygen atoms in total. The number of carbonyl (C=O) groups excluding carboxylic acids is 2. The van der Waals surface area contributed by atoms with Gasteiger partial charge in [0, 0.05) is 10.8 Å². The Labute approximate surface area is 144 Å². The molecule has 0 saturated carbocycles. The molecule has 2 heterocycles. The summed E-state index contributed by atoms with van der Waals surface area (Å²) in [7, 11) is 0. The van der Waals surface area contributed by atoms with Crippen LogP contribution in [0.25, 0.3) is 0 Å². The van der Waals surface area contributed by atoms with Crippen LogP contribution in [0.2, 0.25) is 0 Å². The molecule has 3 atom stereocenters. The van der Waals surface area contributed by atoms with Gasteiger partial charge in [-0.25, -0.2) is 9.78 Å². The van der Waals surface area contributed by atoms with Crippen molar-refractivity contribution in [2.24, 2.45) is 11.8 Å². The van der Waals surface area contributed by atoms with E-state index in [-0.39, 0.29) is 17.6 Å². The minimum Gasteiger partial charge on any atom is -0.453 e. The summed E-state index contributed by atoms with van der Waals surface area (Å²) in [6.45, 7) is 2.23. The zero-order valence-corrected chi connectivity index (χ0v) is 14.1. The molecule has 0 bridgehead atoms. The monoisotopic (exact) mass is 342 g/mol. The van der Waals surface area contributed by atoms with Crippen LogP contribution in [0.4, 0.5) is 5.13 Å². The van der Waals surface area contributed by atoms with E-state index in [0.29, 0.717) is 11.0 Å². The number of nitrogens with zero attached hydrogens (tertiary/aromatic N) is 1. The van der Waals surface area contributed by atoms with Gasteiger partial charge in [-0.2, -0.15) is 0 Å². The lowest BCUT2D eigenvalue weighted by Crippen LogP contribution is -2.34. The molecule has 4 rings (SSSR count). The van der Waals surface area contributed by atoms with Gasteiger partial charge in [-0.1, -0.05) is 31.2 Å². The van der Waals surface area contributed by atoms with Crippen LogP contribution in [0.5, 0.6) is 0 Å². The van der Waals surface area contributed by atoms with Crippen molar-refractivity contribution < 1.29 is 14.3 Å². The molecule has 1 aromatic heterocycles. The molecule has 6 heteroatoms. The van der Waals surface area contributed by atoms with Gasteiger partial charge in [0.25, 0.3) is 5.91 Å². The maximum absolute atomic E-state index is 12.5. The quantitative estimate of drug-likeness (QED) is 0.663. The molecule has 0 unspecified atom stereocenters. The standard InChI is InChI=1S/C18H18N2O3S/c1-10-6-7-13-15(8-10)24-18(19-13)20-16(21)12-9-11-4-2-3-5-14(11)23-17(12)22/h2-5,9-11,14H,6-8H2,1H3,(H,19,20,21)/t10-,11+,14-/m0/s1. The van der Waals surface area contributed by atoms with Crippen molar-refractivity contribution in [1.82, 2.24) is 4.98 Å². The number of aryl methyl sites for hydroxylation is 1. The van der Waals surface area contributed by atoms with Crippen LogP contribution in [0.1, 0.15) is 23.9 Å². The van der Waals surface area contributed by atoms with E-state index in [4.69, 9.17) is 4.74 Å². The van der Waals surface area contributed by atoms with Crippen LogP contribution < -0.4 is 5.32 Å². The molecule has 0 spiro atoms. The largest absolute Gasteiger partial charge is 0.453 e. The number of fused-ring (bicyclic) bond motifs is 2. The van der Waals surface area contributed by atoms with E-state index < -0.39 is 11.9 Å². The number of thiazole rings is 1. The second-order valence-corrected chi connectivity index (χ2v) is 7.57. The molecule has 2 aliphatic carbocycles. The SMILES string of the molecule is C[C@H]1CCc2nc(NC(=O)C3=C[C@H]4C=CC=C[C@@H]4OC3=O)sc2C1. The van der Waals surface area contributed by atoms with Gasteiger partial charge in [0.2, 0.25) is 0 Å². The topological polar surface area (TPSA) is 68.3 Å². The van der Waals surface area contributed by atoms with Crippen molar-refractivity contribution in [3.05, 3.63) is 46.5 Å². The first-order chi connectivity index (χ1) is 11.6. The molecule has 1 aliphatic heterocycles. The maximum Gasteiger partial charge on any atom is 0.344 e. The number of nitrogens with one attached hydrogen (secondary N) is 1. The number of rotatable bonds is 2. The van der Waals surface area contributed by atoms with Crippen molar-refractivity contribution in [1.29, 1.82) is 0 Å². The summed E-state index contributed by atoms with van der Waals surface area (Å²) in [5, 5.41) is 3.33. The van der Waals surface area contributed by atoms with E-state index in [2.05, 4.69) is 17.2 Å². The maximum atomic E-state index is 12.5. The number of carbonyl (C=O) groups is 2. The lowest BCUT2D eigenvalue weighted by molar-refractivity contribution is -0.145. The number of anilines is 1. The van der Waals surface area contributed by atoms with Crippen molar-refractivity contribution in [3.8, 4) is 0 Å². The van der Waals surface area contributed by atoms with Crippen molar-refractivity contribution in [2.75, 3.05) is 5.32 Å². The molecule has 0 fully saturated rings. The van der Waals surface area contributed by atoms with Gasteiger partial charge in [0.15, 0.2) is 5.13 Å². The highest BCUT2D eigenvalue weighted by atomic mass is 32.1. The van der Waals surface area contributed by atoms with E-state index >= 15 is 0 Å². The van der Waals surface area contributed by atoms with Gasteiger partial charge < -0.3 is 4.74 Å². The van der Waals surface area contributed by atoms with E-state index in [0.717, 1.165) is 25.0 Å². The number of amides is 1. The van der Waals surface area contributed by atoms with Gasteiger partial charge in [0.1, 0.15) is 11.7 Å². The van der Waals surface area contributed by atoms with Crippen LogP contribution in [-0.4, -0.2) is 23.0 Å². The highest BCUT2D eigenvalue weighted by Gasteiger charge is 2.33. The first kappa shape index (κ1) is 15.3. The number of esters is 1. The highest BCUT2D eigenvalue weighted by Crippen LogP contribution is 2.32. The lowest BCUT2D eigenvalue weighted by Gasteiger charge is -2.26. The third-order valence-corrected chi connectivity index (χ3v) is 5.63. The summed E-state index contributed by atoms with van der Waals surface area (Å²) in [4.78, 5) is 30.3. The Hall–Kier alpha value is -2.21. The minimum atomic E-state index is -0.580. The Balaban J connectivity index is 1.52. The summed E-state index contributed by atoms with van der Waals surface area (Å²) in [6.07, 6.45) is 11.9. The normalized spacial score (nSPS) is 27.8. The second-order valence-electron chi connectivity index (χ2n) is 6.49. The molecule has 1 N–H and O–H groups in total. The summed E-state index contributed by atoms with van der Waals surface area (Å²) >= 11 is 1.51. The molecule has 1 aromatic rings. The smallest absolute Gasteiger partial charge is 0.344 e. The Morgan fingerprint density at radius 3 is 3.08 bits per heavy atom. The van der Waals surface area contributed by atoms with Crippen molar-refractivity contribution >= 4 is 28.3 Å². The molecule has 24 heavy (non-hydrogen) atoms. The van der Waals surface area contributed by atoms with Gasteiger partial charge in [-0.3, -0.25) is 10.1 Å². The summed E-state index contributed by atoms with van der Waals surface area (Å²) < 4.78 is 5.33. The van der Waals surface area contributed by atoms with Crippen LogP contribution in [0.15, 0.2) is 36.0 Å². The van der Waals surface area contributed by atoms with Gasteiger partial charge in [-0.15, -0.1) is 11.3 Å². The summed E-state index contributed by atoms with van der Waals surface area (Å²) in [5.74, 6) is -0.455. The first-order valence-electron chi connectivity index (χ1n) is 8.18. The number of hydrogen-bond acceptors (Lipinski definition) is 5. The number of allylic oxidation sites excluding steroid dienone is 2. The van der Waals surface area contributed by atoms with E-state index in [1.54, 1.807) is 6.08 Å². The Kier molecular flexibility index (Phi) is 3.84. The number of ether oxygens (including phenoxy) is 1. The summed E-state index contributed by atoms with van der Waals surface area (Å²) in [5.41, 5.74) is 1.13. The van der Waals surface area contributed by atoms with E-state index in [1.807, 2.05) is 24.3 Å². The molecule has 0 aromatic carbocycles. The van der Waals surface area contributed by atoms with Crippen LogP contribution in [0.3, 0.4) is 0 Å². The van der Waals surface area contributed by atoms with E-state index in [9.17, 15) is 9.59 Å². The fraction of sp³-hybridized carbons (Fsp3) is 0.389. The van der Waals surface area contributed by atoms with E-state index in [1.165, 1.54) is 16.2 Å². The van der Waals surface area contributed by atoms with Gasteiger partial charge >= 0.3 is 5.97 Å². The first-order valence-corrected chi connectivity index (χ1v) is 8.99. The van der Waals surface area contributed by atoms with Crippen LogP contribution in [-0.2, 0) is 27.2 Å². The molecule has 1 amide bonds. The Bertz CT molecular complexity index is 790. The zero-order chi connectivity index (χ0) is 16.7. The van der Waals surface area contributed by atoms with Crippen molar-refractivity contribution in [3.63, 3.8) is 0 Å². The highest BCUT2D eigenvalue weighted by molar-refractivity contribution is 7.15. The van der Waals surface area contributed by atoms with Crippen LogP contribution >= 0.6 is 11.3 Å². The molecule has 3 aliphatic rings. The lowest BCUT2D eigenvalue weighted by atomic mass is 9.92. The fourth-order valence-corrected chi connectivity index (χ4v) is 4.41. The predicted octanol–water partition coefficient (Wildman–Crippen LogP) is 2.80. The number of aromatic nitrogens is 1. The average molecular weight is 342 g/mol. The average Bonchev–Trinajstić information content (AvgIpc) is 2.95. The predicted molar refractivity (Wildman–Crippen MR) is 91.7 cm³/mol. The Morgan fingerprint density at radius 1 is 1.38 bits per heavy atom. The molecule has 124 valence electrons. The van der Waals surface area contributed by atoms with Gasteiger partial charge in [-0.05, 0) is 31.3 Å². The third kappa shape index (κ3) is 2.82. The fourth-order valence-electron chi connectivity index (χ4n) is 3.25. The third-order valence-electron chi connectivity index (χ3n) is 4.60. The molecule has 0 radical (unpaired) electrons. The molecular formula is C18H18N2O3S. The van der Waals surface area contributed by atoms with Crippen molar-refractivity contribution in [2.45, 2.75) is 32.3 Å². The summed E-state index contributed by atoms with van der Waals surface area (Å²) in [6, 6.07) is 0. The van der Waals surface area contributed by atoms with Gasteiger partial charge in [0.05, 0.1) is 5.69 Å². The van der Waals surface area contributed by atoms with Crippen LogP contribution in [0, 0.1) is 11.8 Å². The molecular weight excluding hydrogens is 324 g/mol. The zero-order valence-electron chi connectivity index (χ0n) is 13.3. The second kappa shape index (κ2) is 6.02. The number of hydrogen-bond donors (Lipinski definition) is 1.